The largest absolute Gasteiger partial charge is 0.436 e. The van der Waals surface area contributed by atoms with E-state index in [9.17, 15) is 13.2 Å². The molecule has 0 saturated heterocycles. The van der Waals surface area contributed by atoms with Gasteiger partial charge < -0.3 is 4.42 Å². The topological polar surface area (TPSA) is 26.0 Å². The molecule has 0 fully saturated rings. The second kappa shape index (κ2) is 5.74. The lowest BCUT2D eigenvalue weighted by Crippen LogP contribution is -2.04. The molecule has 2 aromatic carbocycles. The molecule has 0 aliphatic heterocycles. The maximum absolute atomic E-state index is 12.8. The van der Waals surface area contributed by atoms with Gasteiger partial charge in [-0.05, 0) is 25.1 Å². The van der Waals surface area contributed by atoms with Gasteiger partial charge in [0.2, 0.25) is 5.89 Å². The van der Waals surface area contributed by atoms with E-state index in [-0.39, 0.29) is 16.5 Å². The first-order valence-electron chi connectivity index (χ1n) is 6.74. The molecule has 0 amide bonds. The van der Waals surface area contributed by atoms with E-state index >= 15 is 0 Å². The molecule has 0 unspecified atom stereocenters. The number of alkyl halides is 3. The van der Waals surface area contributed by atoms with Crippen LogP contribution in [0.4, 0.5) is 13.2 Å². The summed E-state index contributed by atoms with van der Waals surface area (Å²) < 4.78 is 44.1. The Balaban J connectivity index is 2.02. The van der Waals surface area contributed by atoms with Gasteiger partial charge in [0.1, 0.15) is 0 Å². The first-order chi connectivity index (χ1) is 10.8. The second-order valence-corrected chi connectivity index (χ2v) is 5.50. The second-order valence-electron chi connectivity index (χ2n) is 5.09. The Morgan fingerprint density at radius 1 is 1.04 bits per heavy atom. The minimum absolute atomic E-state index is 0.0525. The number of nitrogens with zero attached hydrogens (tertiary/aromatic N) is 1. The molecule has 1 heterocycles. The maximum atomic E-state index is 12.8. The highest BCUT2D eigenvalue weighted by atomic mass is 35.5. The number of oxazole rings is 1. The minimum Gasteiger partial charge on any atom is -0.436 e. The molecule has 0 aliphatic rings. The van der Waals surface area contributed by atoms with Gasteiger partial charge in [-0.2, -0.15) is 13.2 Å². The smallest absolute Gasteiger partial charge is 0.416 e. The first-order valence-corrected chi connectivity index (χ1v) is 7.12. The zero-order chi connectivity index (χ0) is 16.6. The Bertz CT molecular complexity index is 838. The monoisotopic (exact) mass is 337 g/mol. The van der Waals surface area contributed by atoms with E-state index in [1.807, 2.05) is 31.2 Å². The Kier molecular flexibility index (Phi) is 3.90. The fraction of sp³-hybridized carbons (Fsp3) is 0.118. The van der Waals surface area contributed by atoms with E-state index in [2.05, 4.69) is 4.98 Å². The summed E-state index contributed by atoms with van der Waals surface area (Å²) in [5.74, 6) is 0.519. The molecule has 23 heavy (non-hydrogen) atoms. The van der Waals surface area contributed by atoms with Gasteiger partial charge in [-0.15, -0.1) is 0 Å². The third-order valence-electron chi connectivity index (χ3n) is 3.37. The van der Waals surface area contributed by atoms with E-state index in [0.29, 0.717) is 5.76 Å². The molecular formula is C17H11ClF3NO. The normalized spacial score (nSPS) is 11.7. The summed E-state index contributed by atoms with van der Waals surface area (Å²) in [7, 11) is 0. The van der Waals surface area contributed by atoms with Gasteiger partial charge in [0.05, 0.1) is 22.3 Å². The Morgan fingerprint density at radius 2 is 1.74 bits per heavy atom. The van der Waals surface area contributed by atoms with Gasteiger partial charge in [0.25, 0.3) is 0 Å². The zero-order valence-electron chi connectivity index (χ0n) is 12.0. The summed E-state index contributed by atoms with van der Waals surface area (Å²) in [6, 6.07) is 10.6. The summed E-state index contributed by atoms with van der Waals surface area (Å²) in [6.45, 7) is 1.96. The van der Waals surface area contributed by atoms with Gasteiger partial charge in [0, 0.05) is 5.56 Å². The van der Waals surface area contributed by atoms with Gasteiger partial charge in [-0.3, -0.25) is 0 Å². The molecule has 0 saturated carbocycles. The summed E-state index contributed by atoms with van der Waals surface area (Å²) in [5.41, 5.74) is 1.19. The van der Waals surface area contributed by atoms with Gasteiger partial charge >= 0.3 is 6.18 Å². The van der Waals surface area contributed by atoms with Crippen molar-refractivity contribution >= 4 is 11.6 Å². The third kappa shape index (κ3) is 3.24. The number of hydrogen-bond donors (Lipinski definition) is 0. The summed E-state index contributed by atoms with van der Waals surface area (Å²) >= 11 is 5.99. The van der Waals surface area contributed by atoms with Crippen LogP contribution in [0.2, 0.25) is 5.02 Å². The van der Waals surface area contributed by atoms with Crippen LogP contribution < -0.4 is 0 Å². The quantitative estimate of drug-likeness (QED) is 0.574. The van der Waals surface area contributed by atoms with Crippen LogP contribution in [0.3, 0.4) is 0 Å². The van der Waals surface area contributed by atoms with Crippen LogP contribution >= 0.6 is 11.6 Å². The van der Waals surface area contributed by atoms with Gasteiger partial charge in [-0.1, -0.05) is 41.4 Å². The number of aromatic nitrogens is 1. The first kappa shape index (κ1) is 15.6. The molecule has 0 spiro atoms. The van der Waals surface area contributed by atoms with Crippen molar-refractivity contribution in [1.29, 1.82) is 0 Å². The maximum Gasteiger partial charge on any atom is 0.416 e. The molecular weight excluding hydrogens is 327 g/mol. The Morgan fingerprint density at radius 3 is 2.39 bits per heavy atom. The van der Waals surface area contributed by atoms with Crippen LogP contribution in [0.1, 0.15) is 11.1 Å². The number of benzene rings is 2. The van der Waals surface area contributed by atoms with Crippen LogP contribution in [0.25, 0.3) is 22.8 Å². The molecule has 3 aromatic rings. The van der Waals surface area contributed by atoms with Crippen molar-refractivity contribution in [3.8, 4) is 22.8 Å². The standard InChI is InChI=1S/C17H11ClF3NO/c1-10-2-4-11(5-3-10)15-9-22-16(23-15)13-8-12(17(19,20)21)6-7-14(13)18/h2-9H,1H3. The van der Waals surface area contributed by atoms with E-state index in [1.165, 1.54) is 12.3 Å². The molecule has 1 aromatic heterocycles. The summed E-state index contributed by atoms with van der Waals surface area (Å²) in [5, 5.41) is 0.148. The number of halogens is 4. The van der Waals surface area contributed by atoms with Crippen molar-refractivity contribution in [3.63, 3.8) is 0 Å². The third-order valence-corrected chi connectivity index (χ3v) is 3.70. The molecule has 118 valence electrons. The number of hydrogen-bond acceptors (Lipinski definition) is 2. The summed E-state index contributed by atoms with van der Waals surface area (Å²) in [6.07, 6.45) is -2.98. The van der Waals surface area contributed by atoms with Crippen LogP contribution in [0.15, 0.2) is 53.1 Å². The fourth-order valence-corrected chi connectivity index (χ4v) is 2.31. The average molecular weight is 338 g/mol. The van der Waals surface area contributed by atoms with Crippen molar-refractivity contribution < 1.29 is 17.6 Å². The molecule has 2 nitrogen and oxygen atoms in total. The minimum atomic E-state index is -4.45. The van der Waals surface area contributed by atoms with Crippen molar-refractivity contribution in [2.75, 3.05) is 0 Å². The van der Waals surface area contributed by atoms with Crippen molar-refractivity contribution in [1.82, 2.24) is 4.98 Å². The lowest BCUT2D eigenvalue weighted by atomic mass is 10.1. The Labute approximate surface area is 135 Å². The Hall–Kier alpha value is -2.27. The molecule has 0 radical (unpaired) electrons. The average Bonchev–Trinajstić information content (AvgIpc) is 2.97. The zero-order valence-corrected chi connectivity index (χ0v) is 12.7. The molecule has 0 N–H and O–H groups in total. The fourth-order valence-electron chi connectivity index (χ4n) is 2.12. The van der Waals surface area contributed by atoms with Crippen LogP contribution in [-0.4, -0.2) is 4.98 Å². The molecule has 6 heteroatoms. The number of aryl methyl sites for hydroxylation is 1. The van der Waals surface area contributed by atoms with Crippen molar-refractivity contribution in [3.05, 3.63) is 64.8 Å². The highest BCUT2D eigenvalue weighted by Gasteiger charge is 2.31. The summed E-state index contributed by atoms with van der Waals surface area (Å²) in [4.78, 5) is 4.05. The molecule has 0 aliphatic carbocycles. The van der Waals surface area contributed by atoms with E-state index in [4.69, 9.17) is 16.0 Å². The van der Waals surface area contributed by atoms with E-state index in [0.717, 1.165) is 23.3 Å². The predicted molar refractivity (Wildman–Crippen MR) is 82.1 cm³/mol. The molecule has 0 bridgehead atoms. The van der Waals surface area contributed by atoms with Gasteiger partial charge in [-0.25, -0.2) is 4.98 Å². The van der Waals surface area contributed by atoms with Crippen LogP contribution in [0, 0.1) is 6.92 Å². The molecule has 3 rings (SSSR count). The lowest BCUT2D eigenvalue weighted by Gasteiger charge is -2.08. The lowest BCUT2D eigenvalue weighted by molar-refractivity contribution is -0.137. The SMILES string of the molecule is Cc1ccc(-c2cnc(-c3cc(C(F)(F)F)ccc3Cl)o2)cc1. The van der Waals surface area contributed by atoms with Crippen LogP contribution in [0.5, 0.6) is 0 Å². The van der Waals surface area contributed by atoms with Crippen LogP contribution in [-0.2, 0) is 6.18 Å². The molecule has 0 atom stereocenters. The van der Waals surface area contributed by atoms with Crippen molar-refractivity contribution in [2.45, 2.75) is 13.1 Å². The predicted octanol–water partition coefficient (Wildman–Crippen LogP) is 5.99. The highest BCUT2D eigenvalue weighted by Crippen LogP contribution is 2.36. The van der Waals surface area contributed by atoms with E-state index in [1.54, 1.807) is 0 Å². The van der Waals surface area contributed by atoms with Gasteiger partial charge in [0.15, 0.2) is 5.76 Å². The highest BCUT2D eigenvalue weighted by molar-refractivity contribution is 6.33. The van der Waals surface area contributed by atoms with Crippen molar-refractivity contribution in [2.24, 2.45) is 0 Å². The van der Waals surface area contributed by atoms with E-state index < -0.39 is 11.7 Å². The number of rotatable bonds is 2.